The lowest BCUT2D eigenvalue weighted by atomic mass is 9.98. The molecule has 0 aliphatic heterocycles. The van der Waals surface area contributed by atoms with Crippen LogP contribution in [0.4, 0.5) is 0 Å². The van der Waals surface area contributed by atoms with E-state index >= 15 is 0 Å². The van der Waals surface area contributed by atoms with Gasteiger partial charge in [-0.3, -0.25) is 4.79 Å². The van der Waals surface area contributed by atoms with Crippen molar-refractivity contribution >= 4 is 27.7 Å². The van der Waals surface area contributed by atoms with Crippen molar-refractivity contribution in [2.45, 2.75) is 32.4 Å². The topological polar surface area (TPSA) is 44.1 Å². The van der Waals surface area contributed by atoms with Gasteiger partial charge in [0.15, 0.2) is 6.29 Å². The van der Waals surface area contributed by atoms with E-state index in [0.717, 1.165) is 24.4 Å². The second-order valence-electron chi connectivity index (χ2n) is 5.20. The van der Waals surface area contributed by atoms with Crippen LogP contribution < -0.4 is 5.46 Å². The molecule has 0 aromatic carbocycles. The van der Waals surface area contributed by atoms with Crippen LogP contribution in [0, 0.1) is 0 Å². The van der Waals surface area contributed by atoms with E-state index in [-0.39, 0.29) is 0 Å². The fourth-order valence-electron chi connectivity index (χ4n) is 1.25. The molecular weight excluding hydrogens is 219 g/mol. The molecule has 0 bridgehead atoms. The second-order valence-corrected chi connectivity index (χ2v) is 10.8. The van der Waals surface area contributed by atoms with Crippen molar-refractivity contribution in [1.29, 1.82) is 0 Å². The van der Waals surface area contributed by atoms with Crippen LogP contribution in [0.25, 0.3) is 0 Å². The molecule has 1 aromatic heterocycles. The van der Waals surface area contributed by atoms with Gasteiger partial charge < -0.3 is 4.74 Å². The van der Waals surface area contributed by atoms with Crippen LogP contribution in [0.1, 0.15) is 10.5 Å². The number of rotatable bonds is 6. The van der Waals surface area contributed by atoms with Gasteiger partial charge in [-0.05, 0) is 11.5 Å². The highest BCUT2D eigenvalue weighted by atomic mass is 28.3. The number of carbonyl (C=O) groups is 1. The van der Waals surface area contributed by atoms with E-state index < -0.39 is 8.07 Å². The maximum atomic E-state index is 10.6. The van der Waals surface area contributed by atoms with E-state index in [9.17, 15) is 4.79 Å². The molecule has 4 nitrogen and oxygen atoms in total. The Morgan fingerprint density at radius 2 is 2.25 bits per heavy atom. The number of aldehydes is 1. The number of nitrogens with zero attached hydrogens (tertiary/aromatic N) is 2. The maximum absolute atomic E-state index is 10.6. The monoisotopic (exact) mass is 238 g/mol. The molecule has 0 unspecified atom stereocenters. The summed E-state index contributed by atoms with van der Waals surface area (Å²) < 4.78 is 7.20. The minimum absolute atomic E-state index is 0.430. The molecule has 0 spiro atoms. The van der Waals surface area contributed by atoms with Crippen molar-refractivity contribution in [2.24, 2.45) is 0 Å². The molecule has 0 amide bonds. The summed E-state index contributed by atoms with van der Waals surface area (Å²) in [4.78, 5) is 10.6. The van der Waals surface area contributed by atoms with Crippen molar-refractivity contribution in [3.8, 4) is 0 Å². The van der Waals surface area contributed by atoms with E-state index in [1.165, 1.54) is 0 Å². The average Bonchev–Trinajstić information content (AvgIpc) is 2.52. The molecule has 0 saturated carbocycles. The van der Waals surface area contributed by atoms with Crippen LogP contribution in [-0.4, -0.2) is 38.6 Å². The first-order valence-electron chi connectivity index (χ1n) is 5.49. The molecule has 0 saturated heterocycles. The SMILES string of the molecule is Bc1cn(COCC[Si](C)(C)C)nc1C=O. The first kappa shape index (κ1) is 13.2. The summed E-state index contributed by atoms with van der Waals surface area (Å²) >= 11 is 0. The lowest BCUT2D eigenvalue weighted by Gasteiger charge is -2.15. The number of carbonyl (C=O) groups excluding carboxylic acids is 1. The van der Waals surface area contributed by atoms with Gasteiger partial charge in [0.1, 0.15) is 20.3 Å². The molecule has 0 atom stereocenters. The van der Waals surface area contributed by atoms with Gasteiger partial charge in [-0.1, -0.05) is 19.6 Å². The summed E-state index contributed by atoms with van der Waals surface area (Å²) in [5.74, 6) is 0. The quantitative estimate of drug-likeness (QED) is 0.406. The summed E-state index contributed by atoms with van der Waals surface area (Å²) in [6.45, 7) is 8.15. The summed E-state index contributed by atoms with van der Waals surface area (Å²) in [6.07, 6.45) is 2.60. The Kier molecular flexibility index (Phi) is 4.49. The summed E-state index contributed by atoms with van der Waals surface area (Å²) in [6, 6.07) is 1.15. The molecule has 1 rings (SSSR count). The number of hydrogen-bond donors (Lipinski definition) is 0. The first-order chi connectivity index (χ1) is 7.42. The van der Waals surface area contributed by atoms with Crippen LogP contribution in [-0.2, 0) is 11.5 Å². The van der Waals surface area contributed by atoms with Crippen molar-refractivity contribution in [3.05, 3.63) is 11.9 Å². The predicted octanol–water partition coefficient (Wildman–Crippen LogP) is 0.266. The van der Waals surface area contributed by atoms with Crippen LogP contribution in [0.15, 0.2) is 6.20 Å². The fourth-order valence-corrected chi connectivity index (χ4v) is 2.01. The number of ether oxygens (including phenoxy) is 1. The molecule has 0 radical (unpaired) electrons. The Morgan fingerprint density at radius 1 is 1.56 bits per heavy atom. The molecule has 0 fully saturated rings. The van der Waals surface area contributed by atoms with Crippen molar-refractivity contribution in [1.82, 2.24) is 9.78 Å². The van der Waals surface area contributed by atoms with Crippen LogP contribution in [0.2, 0.25) is 25.7 Å². The minimum atomic E-state index is -1.02. The molecule has 0 aliphatic rings. The highest BCUT2D eigenvalue weighted by Gasteiger charge is 2.12. The van der Waals surface area contributed by atoms with Crippen molar-refractivity contribution in [2.75, 3.05) is 6.61 Å². The summed E-state index contributed by atoms with van der Waals surface area (Å²) in [5, 5.41) is 4.10. The zero-order valence-corrected chi connectivity index (χ0v) is 11.5. The molecule has 1 aromatic rings. The van der Waals surface area contributed by atoms with Gasteiger partial charge in [0.05, 0.1) is 0 Å². The van der Waals surface area contributed by atoms with Gasteiger partial charge in [0.25, 0.3) is 0 Å². The molecule has 1 heterocycles. The molecular formula is C10H19BN2O2Si. The summed E-state index contributed by atoms with van der Waals surface area (Å²) in [5.41, 5.74) is 1.39. The van der Waals surface area contributed by atoms with Crippen LogP contribution in [0.5, 0.6) is 0 Å². The number of aromatic nitrogens is 2. The van der Waals surface area contributed by atoms with E-state index in [1.807, 2.05) is 14.0 Å². The highest BCUT2D eigenvalue weighted by Crippen LogP contribution is 2.07. The average molecular weight is 238 g/mol. The lowest BCUT2D eigenvalue weighted by molar-refractivity contribution is 0.0782. The standard InChI is InChI=1S/C10H19BN2O2Si/c1-16(2,3)5-4-15-8-13-6-9(11)10(7-14)12-13/h6-7H,4-5,8,11H2,1-3H3. The van der Waals surface area contributed by atoms with Gasteiger partial charge >= 0.3 is 0 Å². The van der Waals surface area contributed by atoms with E-state index in [2.05, 4.69) is 24.7 Å². The van der Waals surface area contributed by atoms with Crippen LogP contribution in [0.3, 0.4) is 0 Å². The zero-order chi connectivity index (χ0) is 12.2. The molecule has 0 aliphatic carbocycles. The third-order valence-electron chi connectivity index (χ3n) is 2.31. The Balaban J connectivity index is 2.35. The molecule has 0 N–H and O–H groups in total. The highest BCUT2D eigenvalue weighted by molar-refractivity contribution is 6.76. The van der Waals surface area contributed by atoms with Gasteiger partial charge in [0, 0.05) is 20.9 Å². The molecule has 16 heavy (non-hydrogen) atoms. The smallest absolute Gasteiger partial charge is 0.169 e. The third kappa shape index (κ3) is 4.32. The van der Waals surface area contributed by atoms with Crippen LogP contribution >= 0.6 is 0 Å². The second kappa shape index (κ2) is 5.45. The molecule has 88 valence electrons. The molecule has 6 heteroatoms. The minimum Gasteiger partial charge on any atom is -0.360 e. The lowest BCUT2D eigenvalue weighted by Crippen LogP contribution is -2.22. The fraction of sp³-hybridized carbons (Fsp3) is 0.600. The van der Waals surface area contributed by atoms with E-state index in [4.69, 9.17) is 4.74 Å². The Hall–Kier alpha value is -0.878. The normalized spacial score (nSPS) is 11.7. The van der Waals surface area contributed by atoms with Gasteiger partial charge in [0.2, 0.25) is 0 Å². The maximum Gasteiger partial charge on any atom is 0.169 e. The Morgan fingerprint density at radius 3 is 2.75 bits per heavy atom. The van der Waals surface area contributed by atoms with Crippen molar-refractivity contribution in [3.63, 3.8) is 0 Å². The van der Waals surface area contributed by atoms with Gasteiger partial charge in [-0.15, -0.1) is 0 Å². The third-order valence-corrected chi connectivity index (χ3v) is 4.02. The van der Waals surface area contributed by atoms with E-state index in [1.54, 1.807) is 4.68 Å². The largest absolute Gasteiger partial charge is 0.360 e. The number of hydrogen-bond acceptors (Lipinski definition) is 3. The van der Waals surface area contributed by atoms with E-state index in [0.29, 0.717) is 12.4 Å². The Labute approximate surface area is 98.4 Å². The van der Waals surface area contributed by atoms with Gasteiger partial charge in [-0.25, -0.2) is 4.68 Å². The zero-order valence-electron chi connectivity index (χ0n) is 10.5. The first-order valence-corrected chi connectivity index (χ1v) is 9.20. The summed E-state index contributed by atoms with van der Waals surface area (Å²) in [7, 11) is 0.852. The Bertz CT molecular complexity index is 360. The predicted molar refractivity (Wildman–Crippen MR) is 69.9 cm³/mol. The van der Waals surface area contributed by atoms with Crippen molar-refractivity contribution < 1.29 is 9.53 Å². The van der Waals surface area contributed by atoms with Gasteiger partial charge in [-0.2, -0.15) is 5.10 Å².